The van der Waals surface area contributed by atoms with Crippen LogP contribution in [-0.4, -0.2) is 22.3 Å². The topological polar surface area (TPSA) is 93.3 Å². The Morgan fingerprint density at radius 1 is 1.21 bits per heavy atom. The van der Waals surface area contributed by atoms with Gasteiger partial charge in [0.1, 0.15) is 5.69 Å². The molecule has 0 unspecified atom stereocenters. The van der Waals surface area contributed by atoms with Crippen molar-refractivity contribution in [2.45, 2.75) is 6.92 Å². The second-order valence-electron chi connectivity index (χ2n) is 4.01. The summed E-state index contributed by atoms with van der Waals surface area (Å²) in [6, 6.07) is 8.78. The van der Waals surface area contributed by atoms with E-state index in [-0.39, 0.29) is 5.69 Å². The number of para-hydroxylation sites is 1. The summed E-state index contributed by atoms with van der Waals surface area (Å²) in [7, 11) is -2.86. The van der Waals surface area contributed by atoms with Crippen LogP contribution in [0.25, 0.3) is 5.69 Å². The van der Waals surface area contributed by atoms with E-state index >= 15 is 0 Å². The first-order chi connectivity index (χ1) is 8.81. The van der Waals surface area contributed by atoms with Crippen molar-refractivity contribution in [3.05, 3.63) is 46.4 Å². The molecule has 0 amide bonds. The number of benzene rings is 1. The third-order valence-corrected chi connectivity index (χ3v) is 3.25. The summed E-state index contributed by atoms with van der Waals surface area (Å²) in [5.41, 5.74) is 0.269. The average Bonchev–Trinajstić information content (AvgIpc) is 2.53. The third kappa shape index (κ3) is 2.54. The SMILES string of the molecule is Cc1c(NS(=O)(=O)O)c(=O)n(-c2ccccc2)n1C. The number of aromatic nitrogens is 2. The van der Waals surface area contributed by atoms with Crippen molar-refractivity contribution in [2.24, 2.45) is 7.05 Å². The van der Waals surface area contributed by atoms with Gasteiger partial charge in [0.2, 0.25) is 0 Å². The van der Waals surface area contributed by atoms with E-state index in [1.54, 1.807) is 38.2 Å². The van der Waals surface area contributed by atoms with E-state index in [4.69, 9.17) is 4.55 Å². The Morgan fingerprint density at radius 2 is 1.79 bits per heavy atom. The molecule has 2 N–H and O–H groups in total. The minimum Gasteiger partial charge on any atom is -0.283 e. The first-order valence-corrected chi connectivity index (χ1v) is 6.84. The standard InChI is InChI=1S/C11H13N3O4S/c1-8-10(12-19(16,17)18)11(15)14(13(8)2)9-6-4-3-5-7-9/h3-7,12H,1-2H3,(H,16,17,18). The Morgan fingerprint density at radius 3 is 2.32 bits per heavy atom. The molecule has 2 aromatic rings. The Bertz CT molecular complexity index is 759. The summed E-state index contributed by atoms with van der Waals surface area (Å²) in [4.78, 5) is 12.2. The van der Waals surface area contributed by atoms with Crippen molar-refractivity contribution in [1.82, 2.24) is 9.36 Å². The van der Waals surface area contributed by atoms with Gasteiger partial charge in [-0.3, -0.25) is 18.8 Å². The summed E-state index contributed by atoms with van der Waals surface area (Å²) in [5.74, 6) is 0. The van der Waals surface area contributed by atoms with Gasteiger partial charge in [-0.1, -0.05) is 18.2 Å². The van der Waals surface area contributed by atoms with Gasteiger partial charge in [-0.05, 0) is 19.1 Å². The number of hydrogen-bond acceptors (Lipinski definition) is 3. The zero-order chi connectivity index (χ0) is 14.2. The lowest BCUT2D eigenvalue weighted by Gasteiger charge is -2.07. The number of hydrogen-bond donors (Lipinski definition) is 2. The van der Waals surface area contributed by atoms with Gasteiger partial charge in [0.25, 0.3) is 5.56 Å². The lowest BCUT2D eigenvalue weighted by molar-refractivity contribution is 0.489. The van der Waals surface area contributed by atoms with E-state index in [1.165, 1.54) is 9.36 Å². The van der Waals surface area contributed by atoms with E-state index in [0.29, 0.717) is 11.4 Å². The number of anilines is 1. The molecule has 2 rings (SSSR count). The molecule has 0 saturated carbocycles. The summed E-state index contributed by atoms with van der Waals surface area (Å²) in [6.07, 6.45) is 0. The lowest BCUT2D eigenvalue weighted by Crippen LogP contribution is -2.22. The predicted octanol–water partition coefficient (Wildman–Crippen LogP) is 0.699. The quantitative estimate of drug-likeness (QED) is 0.811. The van der Waals surface area contributed by atoms with Crippen LogP contribution in [0, 0.1) is 6.92 Å². The molecule has 0 bridgehead atoms. The lowest BCUT2D eigenvalue weighted by atomic mass is 10.3. The summed E-state index contributed by atoms with van der Waals surface area (Å²) in [6.45, 7) is 1.58. The normalized spacial score (nSPS) is 11.5. The fourth-order valence-corrected chi connectivity index (χ4v) is 2.31. The molecule has 7 nitrogen and oxygen atoms in total. The highest BCUT2D eigenvalue weighted by atomic mass is 32.2. The molecule has 0 spiro atoms. The molecule has 0 aliphatic carbocycles. The molecule has 0 fully saturated rings. The molecule has 1 aromatic carbocycles. The highest BCUT2D eigenvalue weighted by Crippen LogP contribution is 2.14. The fourth-order valence-electron chi connectivity index (χ4n) is 1.81. The van der Waals surface area contributed by atoms with Crippen LogP contribution >= 0.6 is 0 Å². The van der Waals surface area contributed by atoms with Gasteiger partial charge in [0.15, 0.2) is 0 Å². The van der Waals surface area contributed by atoms with Gasteiger partial charge in [0.05, 0.1) is 11.4 Å². The van der Waals surface area contributed by atoms with Crippen molar-refractivity contribution in [2.75, 3.05) is 4.72 Å². The molecule has 0 aliphatic rings. The number of nitrogens with zero attached hydrogens (tertiary/aromatic N) is 2. The summed E-state index contributed by atoms with van der Waals surface area (Å²) in [5, 5.41) is 0. The molecule has 0 aliphatic heterocycles. The van der Waals surface area contributed by atoms with Gasteiger partial charge in [-0.2, -0.15) is 8.42 Å². The van der Waals surface area contributed by atoms with Gasteiger partial charge in [0, 0.05) is 7.05 Å². The average molecular weight is 283 g/mol. The Hall–Kier alpha value is -2.06. The van der Waals surface area contributed by atoms with Crippen LogP contribution in [0.4, 0.5) is 5.69 Å². The maximum atomic E-state index is 12.2. The van der Waals surface area contributed by atoms with Crippen molar-refractivity contribution in [3.8, 4) is 5.69 Å². The first-order valence-electron chi connectivity index (χ1n) is 5.40. The maximum Gasteiger partial charge on any atom is 0.357 e. The van der Waals surface area contributed by atoms with E-state index < -0.39 is 15.9 Å². The number of rotatable bonds is 3. The van der Waals surface area contributed by atoms with E-state index in [9.17, 15) is 13.2 Å². The van der Waals surface area contributed by atoms with Crippen molar-refractivity contribution >= 4 is 16.0 Å². The molecule has 8 heteroatoms. The molecular formula is C11H13N3O4S. The fraction of sp³-hybridized carbons (Fsp3) is 0.182. The zero-order valence-corrected chi connectivity index (χ0v) is 11.2. The highest BCUT2D eigenvalue weighted by Gasteiger charge is 2.19. The second kappa shape index (κ2) is 4.56. The molecule has 102 valence electrons. The Labute approximate surface area is 110 Å². The minimum atomic E-state index is -4.48. The Balaban J connectivity index is 2.67. The second-order valence-corrected chi connectivity index (χ2v) is 5.17. The molecule has 19 heavy (non-hydrogen) atoms. The van der Waals surface area contributed by atoms with Crippen LogP contribution in [0.2, 0.25) is 0 Å². The van der Waals surface area contributed by atoms with Crippen molar-refractivity contribution in [1.29, 1.82) is 0 Å². The smallest absolute Gasteiger partial charge is 0.283 e. The van der Waals surface area contributed by atoms with E-state index in [0.717, 1.165) is 0 Å². The van der Waals surface area contributed by atoms with Crippen molar-refractivity contribution < 1.29 is 13.0 Å². The summed E-state index contributed by atoms with van der Waals surface area (Å²) >= 11 is 0. The van der Waals surface area contributed by atoms with Crippen LogP contribution in [0.5, 0.6) is 0 Å². The van der Waals surface area contributed by atoms with Gasteiger partial charge < -0.3 is 0 Å². The largest absolute Gasteiger partial charge is 0.357 e. The van der Waals surface area contributed by atoms with Gasteiger partial charge in [-0.25, -0.2) is 4.68 Å². The molecule has 0 radical (unpaired) electrons. The van der Waals surface area contributed by atoms with E-state index in [2.05, 4.69) is 0 Å². The van der Waals surface area contributed by atoms with Crippen LogP contribution in [0.15, 0.2) is 35.1 Å². The summed E-state index contributed by atoms with van der Waals surface area (Å²) < 4.78 is 35.1. The first kappa shape index (κ1) is 13.4. The molecule has 1 aromatic heterocycles. The van der Waals surface area contributed by atoms with Crippen LogP contribution < -0.4 is 10.3 Å². The molecule has 1 heterocycles. The zero-order valence-electron chi connectivity index (χ0n) is 10.4. The third-order valence-electron chi connectivity index (χ3n) is 2.79. The maximum absolute atomic E-state index is 12.2. The minimum absolute atomic E-state index is 0.172. The highest BCUT2D eigenvalue weighted by molar-refractivity contribution is 7.87. The molecular weight excluding hydrogens is 270 g/mol. The number of nitrogens with one attached hydrogen (secondary N) is 1. The monoisotopic (exact) mass is 283 g/mol. The Kier molecular flexibility index (Phi) is 3.21. The molecule has 0 atom stereocenters. The van der Waals surface area contributed by atoms with Crippen LogP contribution in [0.3, 0.4) is 0 Å². The van der Waals surface area contributed by atoms with Crippen LogP contribution in [0.1, 0.15) is 5.69 Å². The van der Waals surface area contributed by atoms with Gasteiger partial charge in [-0.15, -0.1) is 0 Å². The van der Waals surface area contributed by atoms with Crippen LogP contribution in [-0.2, 0) is 17.4 Å². The van der Waals surface area contributed by atoms with E-state index in [1.807, 2.05) is 10.8 Å². The molecule has 0 saturated heterocycles. The predicted molar refractivity (Wildman–Crippen MR) is 70.9 cm³/mol. The van der Waals surface area contributed by atoms with Crippen molar-refractivity contribution in [3.63, 3.8) is 0 Å². The van der Waals surface area contributed by atoms with Gasteiger partial charge >= 0.3 is 10.3 Å².